The van der Waals surface area contributed by atoms with Crippen molar-refractivity contribution in [3.8, 4) is 0 Å². The van der Waals surface area contributed by atoms with Gasteiger partial charge < -0.3 is 5.32 Å². The number of anilines is 1. The number of hydrogen-bond donors (Lipinski definition) is 1. The smallest absolute Gasteiger partial charge is 0.239 e. The molecule has 7 heteroatoms. The van der Waals surface area contributed by atoms with Crippen molar-refractivity contribution in [2.24, 2.45) is 0 Å². The molecule has 1 aromatic rings. The Kier molecular flexibility index (Phi) is 6.25. The van der Waals surface area contributed by atoms with Crippen molar-refractivity contribution >= 4 is 27.4 Å². The van der Waals surface area contributed by atoms with E-state index in [2.05, 4.69) is 5.32 Å². The van der Waals surface area contributed by atoms with Crippen molar-refractivity contribution in [2.45, 2.75) is 33.2 Å². The summed E-state index contributed by atoms with van der Waals surface area (Å²) in [6, 6.07) is 6.20. The van der Waals surface area contributed by atoms with Gasteiger partial charge >= 0.3 is 0 Å². The number of Topliss-reactive ketones (excluding diaryl/α,β-unsaturated/α-hetero) is 1. The van der Waals surface area contributed by atoms with Gasteiger partial charge in [0.25, 0.3) is 0 Å². The molecule has 0 spiro atoms. The van der Waals surface area contributed by atoms with Gasteiger partial charge in [0.1, 0.15) is 0 Å². The molecule has 1 unspecified atom stereocenters. The van der Waals surface area contributed by atoms with Crippen LogP contribution in [0.25, 0.3) is 0 Å². The fourth-order valence-electron chi connectivity index (χ4n) is 1.93. The van der Waals surface area contributed by atoms with E-state index in [1.54, 1.807) is 31.2 Å². The van der Waals surface area contributed by atoms with Crippen LogP contribution in [-0.2, 0) is 14.8 Å². The molecular formula is C15H22N2O4S. The molecule has 0 fully saturated rings. The van der Waals surface area contributed by atoms with Crippen LogP contribution in [0.15, 0.2) is 24.3 Å². The predicted octanol–water partition coefficient (Wildman–Crippen LogP) is 1.89. The monoisotopic (exact) mass is 326 g/mol. The van der Waals surface area contributed by atoms with Gasteiger partial charge in [-0.25, -0.2) is 8.42 Å². The Labute approximate surface area is 131 Å². The van der Waals surface area contributed by atoms with Crippen LogP contribution in [-0.4, -0.2) is 43.3 Å². The maximum absolute atomic E-state index is 12.0. The molecule has 0 aliphatic rings. The Morgan fingerprint density at radius 2 is 1.77 bits per heavy atom. The van der Waals surface area contributed by atoms with Crippen LogP contribution in [0.1, 0.15) is 37.6 Å². The van der Waals surface area contributed by atoms with Gasteiger partial charge in [-0.3, -0.25) is 9.59 Å². The second-order valence-corrected chi connectivity index (χ2v) is 7.18. The lowest BCUT2D eigenvalue weighted by molar-refractivity contribution is -0.116. The first-order valence-electron chi connectivity index (χ1n) is 7.02. The lowest BCUT2D eigenvalue weighted by Gasteiger charge is -2.25. The van der Waals surface area contributed by atoms with Crippen molar-refractivity contribution in [1.29, 1.82) is 0 Å². The number of carbonyl (C=O) groups excluding carboxylic acids is 2. The Hall–Kier alpha value is -1.73. The van der Waals surface area contributed by atoms with E-state index in [4.69, 9.17) is 0 Å². The minimum atomic E-state index is -3.45. The van der Waals surface area contributed by atoms with Gasteiger partial charge in [0.15, 0.2) is 5.78 Å². The van der Waals surface area contributed by atoms with E-state index >= 15 is 0 Å². The maximum atomic E-state index is 12.0. The van der Waals surface area contributed by atoms with Gasteiger partial charge in [0.05, 0.1) is 12.8 Å². The van der Waals surface area contributed by atoms with Crippen LogP contribution in [0.2, 0.25) is 0 Å². The third kappa shape index (κ3) is 5.23. The SMILES string of the molecule is CCC(C)N(CC(=O)Nc1ccc(C(C)=O)cc1)S(C)(=O)=O. The van der Waals surface area contributed by atoms with E-state index in [1.807, 2.05) is 6.92 Å². The molecule has 1 aromatic carbocycles. The van der Waals surface area contributed by atoms with Gasteiger partial charge in [0.2, 0.25) is 15.9 Å². The van der Waals surface area contributed by atoms with E-state index < -0.39 is 15.9 Å². The number of rotatable bonds is 7. The van der Waals surface area contributed by atoms with E-state index in [1.165, 1.54) is 11.2 Å². The van der Waals surface area contributed by atoms with Crippen LogP contribution in [0.3, 0.4) is 0 Å². The zero-order valence-electron chi connectivity index (χ0n) is 13.3. The Morgan fingerprint density at radius 1 is 1.23 bits per heavy atom. The van der Waals surface area contributed by atoms with Gasteiger partial charge in [0, 0.05) is 17.3 Å². The minimum Gasteiger partial charge on any atom is -0.325 e. The second-order valence-electron chi connectivity index (χ2n) is 5.25. The number of amides is 1. The van der Waals surface area contributed by atoms with Gasteiger partial charge in [-0.15, -0.1) is 0 Å². The molecule has 0 aliphatic heterocycles. The average Bonchev–Trinajstić information content (AvgIpc) is 2.43. The van der Waals surface area contributed by atoms with Crippen molar-refractivity contribution in [2.75, 3.05) is 18.1 Å². The molecule has 0 heterocycles. The fourth-order valence-corrected chi connectivity index (χ4v) is 3.09. The molecule has 122 valence electrons. The molecule has 0 saturated carbocycles. The zero-order valence-corrected chi connectivity index (χ0v) is 14.1. The number of sulfonamides is 1. The normalized spacial score (nSPS) is 13.0. The topological polar surface area (TPSA) is 83.6 Å². The first kappa shape index (κ1) is 18.3. The highest BCUT2D eigenvalue weighted by Crippen LogP contribution is 2.12. The molecule has 0 radical (unpaired) electrons. The van der Waals surface area contributed by atoms with E-state index in [9.17, 15) is 18.0 Å². The summed E-state index contributed by atoms with van der Waals surface area (Å²) in [6.07, 6.45) is 1.71. The number of nitrogens with zero attached hydrogens (tertiary/aromatic N) is 1. The minimum absolute atomic E-state index is 0.0575. The molecule has 0 bridgehead atoms. The van der Waals surface area contributed by atoms with Crippen LogP contribution in [0.4, 0.5) is 5.69 Å². The quantitative estimate of drug-likeness (QED) is 0.776. The Bertz CT molecular complexity index is 638. The summed E-state index contributed by atoms with van der Waals surface area (Å²) >= 11 is 0. The third-order valence-corrected chi connectivity index (χ3v) is 4.72. The van der Waals surface area contributed by atoms with Crippen LogP contribution in [0.5, 0.6) is 0 Å². The highest BCUT2D eigenvalue weighted by atomic mass is 32.2. The molecule has 1 amide bonds. The van der Waals surface area contributed by atoms with E-state index in [-0.39, 0.29) is 18.4 Å². The summed E-state index contributed by atoms with van der Waals surface area (Å²) < 4.78 is 24.7. The lowest BCUT2D eigenvalue weighted by atomic mass is 10.1. The summed E-state index contributed by atoms with van der Waals surface area (Å²) in [5.74, 6) is -0.473. The molecule has 1 atom stereocenters. The summed E-state index contributed by atoms with van der Waals surface area (Å²) in [5.41, 5.74) is 1.07. The zero-order chi connectivity index (χ0) is 16.9. The largest absolute Gasteiger partial charge is 0.325 e. The van der Waals surface area contributed by atoms with E-state index in [0.29, 0.717) is 17.7 Å². The highest BCUT2D eigenvalue weighted by Gasteiger charge is 2.24. The number of ketones is 1. The molecule has 0 aromatic heterocycles. The lowest BCUT2D eigenvalue weighted by Crippen LogP contribution is -2.42. The van der Waals surface area contributed by atoms with E-state index in [0.717, 1.165) is 6.26 Å². The Morgan fingerprint density at radius 3 is 2.18 bits per heavy atom. The van der Waals surface area contributed by atoms with Gasteiger partial charge in [-0.2, -0.15) is 4.31 Å². The van der Waals surface area contributed by atoms with Crippen LogP contribution >= 0.6 is 0 Å². The van der Waals surface area contributed by atoms with Crippen molar-refractivity contribution in [1.82, 2.24) is 4.31 Å². The summed E-state index contributed by atoms with van der Waals surface area (Å²) in [7, 11) is -3.45. The van der Waals surface area contributed by atoms with Crippen molar-refractivity contribution in [3.63, 3.8) is 0 Å². The number of benzene rings is 1. The van der Waals surface area contributed by atoms with Crippen molar-refractivity contribution in [3.05, 3.63) is 29.8 Å². The first-order valence-corrected chi connectivity index (χ1v) is 8.87. The third-order valence-electron chi connectivity index (χ3n) is 3.38. The number of hydrogen-bond acceptors (Lipinski definition) is 4. The molecule has 0 aliphatic carbocycles. The number of nitrogens with one attached hydrogen (secondary N) is 1. The van der Waals surface area contributed by atoms with Gasteiger partial charge in [-0.05, 0) is 44.5 Å². The van der Waals surface area contributed by atoms with Gasteiger partial charge in [-0.1, -0.05) is 6.92 Å². The predicted molar refractivity (Wildman–Crippen MR) is 86.4 cm³/mol. The first-order chi connectivity index (χ1) is 10.1. The van der Waals surface area contributed by atoms with Crippen LogP contribution < -0.4 is 5.32 Å². The molecule has 1 rings (SSSR count). The molecule has 1 N–H and O–H groups in total. The second kappa shape index (κ2) is 7.51. The molecule has 0 saturated heterocycles. The summed E-state index contributed by atoms with van der Waals surface area (Å²) in [4.78, 5) is 23.2. The molecular weight excluding hydrogens is 304 g/mol. The molecule has 6 nitrogen and oxygen atoms in total. The fraction of sp³-hybridized carbons (Fsp3) is 0.467. The maximum Gasteiger partial charge on any atom is 0.239 e. The molecule has 22 heavy (non-hydrogen) atoms. The Balaban J connectivity index is 2.77. The number of carbonyl (C=O) groups is 2. The van der Waals surface area contributed by atoms with Crippen LogP contribution in [0, 0.1) is 0 Å². The summed E-state index contributed by atoms with van der Waals surface area (Å²) in [6.45, 7) is 4.85. The highest BCUT2D eigenvalue weighted by molar-refractivity contribution is 7.88. The standard InChI is InChI=1S/C15H22N2O4S/c1-5-11(2)17(22(4,20)21)10-15(19)16-14-8-6-13(7-9-14)12(3)18/h6-9,11H,5,10H2,1-4H3,(H,16,19). The average molecular weight is 326 g/mol. The summed E-state index contributed by atoms with van der Waals surface area (Å²) in [5, 5.41) is 2.63. The van der Waals surface area contributed by atoms with Crippen molar-refractivity contribution < 1.29 is 18.0 Å².